The molecule has 96 valence electrons. The van der Waals surface area contributed by atoms with Crippen LogP contribution in [0.1, 0.15) is 30.0 Å². The molecule has 1 heterocycles. The van der Waals surface area contributed by atoms with Crippen LogP contribution >= 0.6 is 0 Å². The largest absolute Gasteiger partial charge is 0.465 e. The number of nitrogens with zero attached hydrogens (tertiary/aromatic N) is 2. The molecular formula is C12H14N2O4. The van der Waals surface area contributed by atoms with Gasteiger partial charge < -0.3 is 14.1 Å². The van der Waals surface area contributed by atoms with Crippen molar-refractivity contribution in [1.29, 1.82) is 5.26 Å². The van der Waals surface area contributed by atoms with E-state index in [1.54, 1.807) is 11.0 Å². The molecule has 1 rings (SSSR count). The minimum absolute atomic E-state index is 0.0500. The topological polar surface area (TPSA) is 83.5 Å². The first kappa shape index (κ1) is 13.8. The Morgan fingerprint density at radius 1 is 1.50 bits per heavy atom. The van der Waals surface area contributed by atoms with Gasteiger partial charge in [-0.05, 0) is 13.8 Å². The van der Waals surface area contributed by atoms with E-state index in [2.05, 4.69) is 4.74 Å². The molecule has 0 atom stereocenters. The maximum absolute atomic E-state index is 11.8. The predicted octanol–water partition coefficient (Wildman–Crippen LogP) is 1.14. The fraction of sp³-hybridized carbons (Fsp3) is 0.417. The summed E-state index contributed by atoms with van der Waals surface area (Å²) in [5, 5.41) is 8.74. The molecule has 0 aromatic carbocycles. The van der Waals surface area contributed by atoms with Gasteiger partial charge in [0.15, 0.2) is 0 Å². The molecule has 6 nitrogen and oxygen atoms in total. The average molecular weight is 250 g/mol. The summed E-state index contributed by atoms with van der Waals surface area (Å²) in [5.41, 5.74) is -0.530. The van der Waals surface area contributed by atoms with E-state index < -0.39 is 11.6 Å². The van der Waals surface area contributed by atoms with Crippen molar-refractivity contribution in [2.45, 2.75) is 13.8 Å². The Kier molecular flexibility index (Phi) is 4.49. The van der Waals surface area contributed by atoms with Crippen molar-refractivity contribution in [1.82, 2.24) is 0 Å². The van der Waals surface area contributed by atoms with Gasteiger partial charge in [-0.3, -0.25) is 0 Å². The van der Waals surface area contributed by atoms with E-state index in [4.69, 9.17) is 9.68 Å². The van der Waals surface area contributed by atoms with Crippen LogP contribution in [0.2, 0.25) is 0 Å². The van der Waals surface area contributed by atoms with Crippen LogP contribution in [0.15, 0.2) is 15.3 Å². The fourth-order valence-corrected chi connectivity index (χ4v) is 1.65. The maximum atomic E-state index is 11.8. The van der Waals surface area contributed by atoms with Crippen molar-refractivity contribution >= 4 is 11.7 Å². The van der Waals surface area contributed by atoms with Crippen molar-refractivity contribution in [2.24, 2.45) is 0 Å². The molecule has 0 saturated heterocycles. The Labute approximate surface area is 104 Å². The number of hydrogen-bond acceptors (Lipinski definition) is 6. The quantitative estimate of drug-likeness (QED) is 0.745. The molecule has 0 aliphatic heterocycles. The number of nitriles is 1. The van der Waals surface area contributed by atoms with Crippen molar-refractivity contribution < 1.29 is 13.9 Å². The molecule has 0 radical (unpaired) electrons. The number of rotatable bonds is 4. The molecule has 6 heteroatoms. The van der Waals surface area contributed by atoms with Crippen molar-refractivity contribution in [3.63, 3.8) is 0 Å². The zero-order valence-corrected chi connectivity index (χ0v) is 10.5. The highest BCUT2D eigenvalue weighted by atomic mass is 16.5. The summed E-state index contributed by atoms with van der Waals surface area (Å²) in [7, 11) is 1.22. The first-order valence-electron chi connectivity index (χ1n) is 5.50. The summed E-state index contributed by atoms with van der Waals surface area (Å²) in [5.74, 6) is -0.877. The zero-order valence-electron chi connectivity index (χ0n) is 10.5. The minimum atomic E-state index is -0.710. The van der Waals surface area contributed by atoms with Crippen LogP contribution in [0.4, 0.5) is 5.69 Å². The number of hydrogen-bond donors (Lipinski definition) is 0. The molecule has 0 bridgehead atoms. The molecule has 0 amide bonds. The van der Waals surface area contributed by atoms with Gasteiger partial charge in [0.1, 0.15) is 11.8 Å². The van der Waals surface area contributed by atoms with Crippen molar-refractivity contribution in [3.05, 3.63) is 27.8 Å². The molecule has 0 N–H and O–H groups in total. The fourth-order valence-electron chi connectivity index (χ4n) is 1.65. The van der Waals surface area contributed by atoms with E-state index in [0.29, 0.717) is 13.1 Å². The lowest BCUT2D eigenvalue weighted by Gasteiger charge is -2.21. The normalized spacial score (nSPS) is 9.67. The van der Waals surface area contributed by atoms with Crippen LogP contribution in [0.25, 0.3) is 0 Å². The molecule has 0 unspecified atom stereocenters. The summed E-state index contributed by atoms with van der Waals surface area (Å²) in [6.45, 7) is 4.78. The second-order valence-corrected chi connectivity index (χ2v) is 3.44. The summed E-state index contributed by atoms with van der Waals surface area (Å²) < 4.78 is 9.43. The van der Waals surface area contributed by atoms with Crippen LogP contribution in [-0.4, -0.2) is 26.2 Å². The number of ether oxygens (including phenoxy) is 1. The first-order chi connectivity index (χ1) is 8.58. The van der Waals surface area contributed by atoms with Gasteiger partial charge >= 0.3 is 11.6 Å². The van der Waals surface area contributed by atoms with E-state index in [9.17, 15) is 9.59 Å². The molecule has 1 aromatic heterocycles. The van der Waals surface area contributed by atoms with Gasteiger partial charge in [-0.15, -0.1) is 0 Å². The third-order valence-electron chi connectivity index (χ3n) is 2.52. The summed E-state index contributed by atoms with van der Waals surface area (Å²) >= 11 is 0. The Hall–Kier alpha value is -2.29. The van der Waals surface area contributed by atoms with Gasteiger partial charge in [0, 0.05) is 19.2 Å². The SMILES string of the molecule is CCN(CC)c1c(C(=O)OC)cc(C#N)oc1=O. The third kappa shape index (κ3) is 2.51. The predicted molar refractivity (Wildman–Crippen MR) is 64.6 cm³/mol. The highest BCUT2D eigenvalue weighted by molar-refractivity contribution is 5.95. The summed E-state index contributed by atoms with van der Waals surface area (Å²) in [4.78, 5) is 25.2. The monoisotopic (exact) mass is 250 g/mol. The van der Waals surface area contributed by atoms with Crippen molar-refractivity contribution in [3.8, 4) is 6.07 Å². The molecule has 0 spiro atoms. The Morgan fingerprint density at radius 2 is 2.11 bits per heavy atom. The first-order valence-corrected chi connectivity index (χ1v) is 5.50. The third-order valence-corrected chi connectivity index (χ3v) is 2.52. The zero-order chi connectivity index (χ0) is 13.7. The lowest BCUT2D eigenvalue weighted by Crippen LogP contribution is -2.30. The Morgan fingerprint density at radius 3 is 2.56 bits per heavy atom. The van der Waals surface area contributed by atoms with Crippen LogP contribution in [0.5, 0.6) is 0 Å². The van der Waals surface area contributed by atoms with Crippen molar-refractivity contribution in [2.75, 3.05) is 25.1 Å². The van der Waals surface area contributed by atoms with Crippen LogP contribution in [0.3, 0.4) is 0 Å². The Balaban J connectivity index is 3.53. The summed E-state index contributed by atoms with van der Waals surface area (Å²) in [6, 6.07) is 2.92. The van der Waals surface area contributed by atoms with Gasteiger partial charge in [0.2, 0.25) is 5.76 Å². The maximum Gasteiger partial charge on any atom is 0.361 e. The van der Waals surface area contributed by atoms with Crippen LogP contribution in [-0.2, 0) is 4.74 Å². The van der Waals surface area contributed by atoms with E-state index >= 15 is 0 Å². The Bertz CT molecular complexity index is 538. The van der Waals surface area contributed by atoms with Gasteiger partial charge in [-0.1, -0.05) is 0 Å². The molecule has 0 aliphatic carbocycles. The van der Waals surface area contributed by atoms with Gasteiger partial charge in [-0.25, -0.2) is 9.59 Å². The van der Waals surface area contributed by atoms with E-state index in [-0.39, 0.29) is 17.0 Å². The average Bonchev–Trinajstić information content (AvgIpc) is 2.40. The second-order valence-electron chi connectivity index (χ2n) is 3.44. The number of carbonyl (C=O) groups excluding carboxylic acids is 1. The van der Waals surface area contributed by atoms with E-state index in [1.165, 1.54) is 13.2 Å². The standard InChI is InChI=1S/C12H14N2O4/c1-4-14(5-2)10-9(11(15)17-3)6-8(7-13)18-12(10)16/h6H,4-5H2,1-3H3. The number of carbonyl (C=O) groups is 1. The van der Waals surface area contributed by atoms with Crippen LogP contribution < -0.4 is 10.5 Å². The number of methoxy groups -OCH3 is 1. The van der Waals surface area contributed by atoms with Crippen LogP contribution in [0, 0.1) is 11.3 Å². The van der Waals surface area contributed by atoms with Gasteiger partial charge in [0.05, 0.1) is 12.7 Å². The number of anilines is 1. The molecule has 0 aliphatic rings. The molecule has 0 saturated carbocycles. The number of esters is 1. The van der Waals surface area contributed by atoms with Gasteiger partial charge in [0.25, 0.3) is 0 Å². The second kappa shape index (κ2) is 5.87. The lowest BCUT2D eigenvalue weighted by molar-refractivity contribution is 0.0600. The van der Waals surface area contributed by atoms with Gasteiger partial charge in [-0.2, -0.15) is 5.26 Å². The van der Waals surface area contributed by atoms with E-state index in [0.717, 1.165) is 0 Å². The molecule has 0 fully saturated rings. The summed E-state index contributed by atoms with van der Waals surface area (Å²) in [6.07, 6.45) is 0. The van der Waals surface area contributed by atoms with E-state index in [1.807, 2.05) is 13.8 Å². The molecular weight excluding hydrogens is 236 g/mol. The molecule has 18 heavy (non-hydrogen) atoms. The smallest absolute Gasteiger partial charge is 0.361 e. The lowest BCUT2D eigenvalue weighted by atomic mass is 10.2. The highest BCUT2D eigenvalue weighted by Crippen LogP contribution is 2.18. The highest BCUT2D eigenvalue weighted by Gasteiger charge is 2.22. The molecule has 1 aromatic rings. The minimum Gasteiger partial charge on any atom is -0.465 e.